The van der Waals surface area contributed by atoms with E-state index in [1.807, 2.05) is 0 Å². The number of ether oxygens (including phenoxy) is 2. The van der Waals surface area contributed by atoms with Crippen LogP contribution in [0.4, 0.5) is 5.69 Å². The van der Waals surface area contributed by atoms with Crippen LogP contribution < -0.4 is 20.3 Å². The molecule has 0 saturated heterocycles. The van der Waals surface area contributed by atoms with Crippen molar-refractivity contribution >= 4 is 34.0 Å². The van der Waals surface area contributed by atoms with Crippen molar-refractivity contribution in [3.8, 4) is 11.5 Å². The Morgan fingerprint density at radius 3 is 2.48 bits per heavy atom. The SMILES string of the molecule is COc1cc(OC)c(NC(=O)Cc2nn(C)c(=O)c3ccccc23)cc1Cl. The number of nitrogens with one attached hydrogen (secondary N) is 1. The Morgan fingerprint density at radius 1 is 1.15 bits per heavy atom. The number of halogens is 1. The summed E-state index contributed by atoms with van der Waals surface area (Å²) in [7, 11) is 4.54. The minimum Gasteiger partial charge on any atom is -0.495 e. The van der Waals surface area contributed by atoms with Gasteiger partial charge in [-0.3, -0.25) is 9.59 Å². The summed E-state index contributed by atoms with van der Waals surface area (Å²) in [4.78, 5) is 24.8. The normalized spacial score (nSPS) is 10.7. The average Bonchev–Trinajstić information content (AvgIpc) is 2.66. The second kappa shape index (κ2) is 7.67. The van der Waals surface area contributed by atoms with Crippen molar-refractivity contribution in [2.75, 3.05) is 19.5 Å². The summed E-state index contributed by atoms with van der Waals surface area (Å²) in [6, 6.07) is 10.2. The van der Waals surface area contributed by atoms with Crippen LogP contribution in [0, 0.1) is 0 Å². The van der Waals surface area contributed by atoms with E-state index in [0.29, 0.717) is 38.7 Å². The Balaban J connectivity index is 1.92. The zero-order chi connectivity index (χ0) is 19.6. The van der Waals surface area contributed by atoms with Crippen molar-refractivity contribution in [2.24, 2.45) is 7.05 Å². The van der Waals surface area contributed by atoms with Gasteiger partial charge in [0.2, 0.25) is 5.91 Å². The fraction of sp³-hybridized carbons (Fsp3) is 0.211. The molecule has 1 N–H and O–H groups in total. The third-order valence-corrected chi connectivity index (χ3v) is 4.40. The molecule has 1 heterocycles. The highest BCUT2D eigenvalue weighted by Gasteiger charge is 2.16. The first-order chi connectivity index (χ1) is 12.9. The van der Waals surface area contributed by atoms with Crippen LogP contribution in [-0.4, -0.2) is 29.9 Å². The van der Waals surface area contributed by atoms with E-state index < -0.39 is 0 Å². The maximum atomic E-state index is 12.6. The van der Waals surface area contributed by atoms with E-state index in [9.17, 15) is 9.59 Å². The summed E-state index contributed by atoms with van der Waals surface area (Å²) >= 11 is 6.14. The highest BCUT2D eigenvalue weighted by atomic mass is 35.5. The van der Waals surface area contributed by atoms with Crippen LogP contribution in [0.15, 0.2) is 41.2 Å². The van der Waals surface area contributed by atoms with E-state index in [-0.39, 0.29) is 17.9 Å². The second-order valence-electron chi connectivity index (χ2n) is 5.83. The predicted octanol–water partition coefficient (Wildman–Crippen LogP) is 2.79. The van der Waals surface area contributed by atoms with Crippen LogP contribution in [0.25, 0.3) is 10.8 Å². The minimum absolute atomic E-state index is 0.0125. The standard InChI is InChI=1S/C19H18ClN3O4/c1-23-19(25)12-7-5-4-6-11(12)14(22-23)9-18(24)21-15-8-13(20)16(26-2)10-17(15)27-3/h4-8,10H,9H2,1-3H3,(H,21,24). The summed E-state index contributed by atoms with van der Waals surface area (Å²) < 4.78 is 11.7. The Bertz CT molecular complexity index is 1080. The fourth-order valence-electron chi connectivity index (χ4n) is 2.81. The largest absolute Gasteiger partial charge is 0.495 e. The molecule has 2 aromatic carbocycles. The Kier molecular flexibility index (Phi) is 5.32. The molecule has 7 nitrogen and oxygen atoms in total. The molecule has 3 aromatic rings. The van der Waals surface area contributed by atoms with Gasteiger partial charge < -0.3 is 14.8 Å². The number of aromatic nitrogens is 2. The third kappa shape index (κ3) is 3.73. The van der Waals surface area contributed by atoms with Gasteiger partial charge in [0, 0.05) is 18.5 Å². The topological polar surface area (TPSA) is 82.4 Å². The van der Waals surface area contributed by atoms with E-state index in [4.69, 9.17) is 21.1 Å². The van der Waals surface area contributed by atoms with Gasteiger partial charge in [-0.2, -0.15) is 5.10 Å². The molecule has 0 bridgehead atoms. The van der Waals surface area contributed by atoms with Crippen LogP contribution in [0.2, 0.25) is 5.02 Å². The van der Waals surface area contributed by atoms with Crippen molar-refractivity contribution in [2.45, 2.75) is 6.42 Å². The first-order valence-corrected chi connectivity index (χ1v) is 8.48. The van der Waals surface area contributed by atoms with Crippen molar-refractivity contribution in [1.29, 1.82) is 0 Å². The van der Waals surface area contributed by atoms with E-state index in [1.54, 1.807) is 43.4 Å². The zero-order valence-corrected chi connectivity index (χ0v) is 15.8. The number of anilines is 1. The number of hydrogen-bond donors (Lipinski definition) is 1. The molecule has 27 heavy (non-hydrogen) atoms. The summed E-state index contributed by atoms with van der Waals surface area (Å²) in [6.45, 7) is 0. The molecule has 0 aliphatic rings. The van der Waals surface area contributed by atoms with Gasteiger partial charge in [-0.05, 0) is 12.1 Å². The van der Waals surface area contributed by atoms with Crippen LogP contribution in [-0.2, 0) is 18.3 Å². The number of carbonyl (C=O) groups excluding carboxylic acids is 1. The predicted molar refractivity (Wildman–Crippen MR) is 104 cm³/mol. The second-order valence-corrected chi connectivity index (χ2v) is 6.24. The molecule has 0 fully saturated rings. The molecule has 0 saturated carbocycles. The molecule has 8 heteroatoms. The Labute approximate surface area is 160 Å². The quantitative estimate of drug-likeness (QED) is 0.728. The van der Waals surface area contributed by atoms with Gasteiger partial charge in [0.05, 0.1) is 42.4 Å². The van der Waals surface area contributed by atoms with Crippen molar-refractivity contribution in [3.63, 3.8) is 0 Å². The molecule has 0 aliphatic carbocycles. The lowest BCUT2D eigenvalue weighted by Crippen LogP contribution is -2.24. The van der Waals surface area contributed by atoms with Crippen molar-refractivity contribution in [3.05, 3.63) is 57.5 Å². The number of carbonyl (C=O) groups is 1. The third-order valence-electron chi connectivity index (χ3n) is 4.11. The molecule has 1 amide bonds. The van der Waals surface area contributed by atoms with Crippen LogP contribution in [0.3, 0.4) is 0 Å². The lowest BCUT2D eigenvalue weighted by atomic mass is 10.1. The van der Waals surface area contributed by atoms with Gasteiger partial charge in [-0.15, -0.1) is 0 Å². The monoisotopic (exact) mass is 387 g/mol. The molecule has 140 valence electrons. The number of fused-ring (bicyclic) bond motifs is 1. The highest BCUT2D eigenvalue weighted by Crippen LogP contribution is 2.35. The highest BCUT2D eigenvalue weighted by molar-refractivity contribution is 6.32. The molecule has 0 aliphatic heterocycles. The number of hydrogen-bond acceptors (Lipinski definition) is 5. The van der Waals surface area contributed by atoms with Gasteiger partial charge >= 0.3 is 0 Å². The molecule has 3 rings (SSSR count). The van der Waals surface area contributed by atoms with Gasteiger partial charge in [-0.25, -0.2) is 4.68 Å². The fourth-order valence-corrected chi connectivity index (χ4v) is 3.05. The van der Waals surface area contributed by atoms with Crippen molar-refractivity contribution in [1.82, 2.24) is 9.78 Å². The maximum Gasteiger partial charge on any atom is 0.274 e. The van der Waals surface area contributed by atoms with E-state index in [1.165, 1.54) is 18.9 Å². The number of methoxy groups -OCH3 is 2. The summed E-state index contributed by atoms with van der Waals surface area (Å²) in [5.41, 5.74) is 0.713. The molecule has 0 atom stereocenters. The van der Waals surface area contributed by atoms with E-state index in [0.717, 1.165) is 0 Å². The number of amides is 1. The average molecular weight is 388 g/mol. The summed E-state index contributed by atoms with van der Waals surface area (Å²) in [5.74, 6) is 0.547. The van der Waals surface area contributed by atoms with Gasteiger partial charge in [0.25, 0.3) is 5.56 Å². The van der Waals surface area contributed by atoms with E-state index >= 15 is 0 Å². The first kappa shape index (κ1) is 18.7. The molecular weight excluding hydrogens is 370 g/mol. The van der Waals surface area contributed by atoms with Gasteiger partial charge in [0.15, 0.2) is 0 Å². The molecular formula is C19H18ClN3O4. The summed E-state index contributed by atoms with van der Waals surface area (Å²) in [6.07, 6.45) is -0.0125. The van der Waals surface area contributed by atoms with E-state index in [2.05, 4.69) is 10.4 Å². The Hall–Kier alpha value is -3.06. The molecule has 1 aromatic heterocycles. The van der Waals surface area contributed by atoms with Gasteiger partial charge in [0.1, 0.15) is 11.5 Å². The van der Waals surface area contributed by atoms with Crippen molar-refractivity contribution < 1.29 is 14.3 Å². The smallest absolute Gasteiger partial charge is 0.274 e. The minimum atomic E-state index is -0.314. The van der Waals surface area contributed by atoms with Crippen LogP contribution in [0.1, 0.15) is 5.69 Å². The van der Waals surface area contributed by atoms with Gasteiger partial charge in [-0.1, -0.05) is 29.8 Å². The number of benzene rings is 2. The molecule has 0 spiro atoms. The lowest BCUT2D eigenvalue weighted by molar-refractivity contribution is -0.115. The maximum absolute atomic E-state index is 12.6. The van der Waals surface area contributed by atoms with Crippen LogP contribution >= 0.6 is 11.6 Å². The summed E-state index contributed by atoms with van der Waals surface area (Å²) in [5, 5.41) is 8.52. The zero-order valence-electron chi connectivity index (χ0n) is 15.1. The number of aryl methyl sites for hydroxylation is 1. The Morgan fingerprint density at radius 2 is 1.81 bits per heavy atom. The number of rotatable bonds is 5. The number of nitrogens with zero attached hydrogens (tertiary/aromatic N) is 2. The molecule has 0 unspecified atom stereocenters. The lowest BCUT2D eigenvalue weighted by Gasteiger charge is -2.13. The van der Waals surface area contributed by atoms with Crippen LogP contribution in [0.5, 0.6) is 11.5 Å². The molecule has 0 radical (unpaired) electrons. The first-order valence-electron chi connectivity index (χ1n) is 8.11.